The fourth-order valence-electron chi connectivity index (χ4n) is 0.855. The molecule has 0 aliphatic carbocycles. The number of likely N-dealkylation sites (N-methyl/N-ethyl adjacent to an activating group) is 1. The molecular formula is C7H10N2O3. The molecule has 1 aliphatic heterocycles. The normalized spacial score (nSPS) is 16.8. The molecule has 66 valence electrons. The summed E-state index contributed by atoms with van der Waals surface area (Å²) in [4.78, 5) is 22.0. The molecule has 0 atom stereocenters. The van der Waals surface area contributed by atoms with Gasteiger partial charge < -0.3 is 4.74 Å². The van der Waals surface area contributed by atoms with Crippen LogP contribution in [0.3, 0.4) is 0 Å². The Balaban J connectivity index is 2.76. The molecule has 0 bridgehead atoms. The molecular weight excluding hydrogens is 160 g/mol. The number of carbonyl (C=O) groups is 2. The Morgan fingerprint density at radius 3 is 2.50 bits per heavy atom. The van der Waals surface area contributed by atoms with E-state index in [2.05, 4.69) is 5.10 Å². The van der Waals surface area contributed by atoms with Crippen molar-refractivity contribution in [2.75, 3.05) is 13.2 Å². The number of carbonyl (C=O) groups excluding carboxylic acids is 2. The van der Waals surface area contributed by atoms with Crippen molar-refractivity contribution < 1.29 is 14.3 Å². The molecule has 5 nitrogen and oxygen atoms in total. The van der Waals surface area contributed by atoms with E-state index < -0.39 is 11.7 Å². The predicted octanol–water partition coefficient (Wildman–Crippen LogP) is -0.232. The minimum absolute atomic E-state index is 0.0932. The van der Waals surface area contributed by atoms with E-state index in [0.29, 0.717) is 13.2 Å². The highest BCUT2D eigenvalue weighted by Crippen LogP contribution is 2.04. The highest BCUT2D eigenvalue weighted by Gasteiger charge is 2.34. The first kappa shape index (κ1) is 8.70. The molecule has 5 heteroatoms. The van der Waals surface area contributed by atoms with E-state index in [1.165, 1.54) is 0 Å². The fourth-order valence-corrected chi connectivity index (χ4v) is 0.855. The molecule has 1 heterocycles. The summed E-state index contributed by atoms with van der Waals surface area (Å²) >= 11 is 0. The standard InChI is InChI=1S/C7H10N2O3/c1-3-9-7(11)5(10)6(8-9)12-4-2/h3-4H2,1-2H3. The molecule has 0 radical (unpaired) electrons. The first-order valence-electron chi connectivity index (χ1n) is 3.78. The lowest BCUT2D eigenvalue weighted by Crippen LogP contribution is -2.27. The van der Waals surface area contributed by atoms with Crippen LogP contribution >= 0.6 is 0 Å². The number of ether oxygens (including phenoxy) is 1. The van der Waals surface area contributed by atoms with Gasteiger partial charge in [-0.25, -0.2) is 5.01 Å². The van der Waals surface area contributed by atoms with Gasteiger partial charge >= 0.3 is 11.7 Å². The van der Waals surface area contributed by atoms with Crippen molar-refractivity contribution >= 4 is 17.6 Å². The first-order valence-corrected chi connectivity index (χ1v) is 3.78. The van der Waals surface area contributed by atoms with Crippen molar-refractivity contribution in [2.45, 2.75) is 13.8 Å². The maximum atomic E-state index is 11.0. The van der Waals surface area contributed by atoms with Crippen LogP contribution in [0.1, 0.15) is 13.8 Å². The van der Waals surface area contributed by atoms with E-state index >= 15 is 0 Å². The van der Waals surface area contributed by atoms with Gasteiger partial charge in [0.25, 0.3) is 5.90 Å². The molecule has 0 unspecified atom stereocenters. The molecule has 12 heavy (non-hydrogen) atoms. The van der Waals surface area contributed by atoms with E-state index in [9.17, 15) is 9.59 Å². The molecule has 0 N–H and O–H groups in total. The van der Waals surface area contributed by atoms with E-state index in [4.69, 9.17) is 4.74 Å². The summed E-state index contributed by atoms with van der Waals surface area (Å²) in [6.07, 6.45) is 0. The summed E-state index contributed by atoms with van der Waals surface area (Å²) in [6, 6.07) is 0. The van der Waals surface area contributed by atoms with Crippen LogP contribution in [-0.4, -0.2) is 35.7 Å². The van der Waals surface area contributed by atoms with Crippen molar-refractivity contribution in [1.29, 1.82) is 0 Å². The van der Waals surface area contributed by atoms with E-state index in [1.54, 1.807) is 13.8 Å². The third kappa shape index (κ3) is 1.30. The van der Waals surface area contributed by atoms with Gasteiger partial charge in [-0.1, -0.05) is 0 Å². The third-order valence-electron chi connectivity index (χ3n) is 1.42. The number of nitrogens with zero attached hydrogens (tertiary/aromatic N) is 2. The lowest BCUT2D eigenvalue weighted by atomic mass is 10.4. The average Bonchev–Trinajstić information content (AvgIpc) is 2.33. The minimum Gasteiger partial charge on any atom is -0.474 e. The summed E-state index contributed by atoms with van der Waals surface area (Å²) in [7, 11) is 0. The predicted molar refractivity (Wildman–Crippen MR) is 41.5 cm³/mol. The summed E-state index contributed by atoms with van der Waals surface area (Å²) in [5.74, 6) is -1.36. The van der Waals surface area contributed by atoms with Gasteiger partial charge in [-0.3, -0.25) is 9.59 Å². The number of Topliss-reactive ketones (excluding diaryl/α,β-unsaturated/α-hetero) is 1. The van der Waals surface area contributed by atoms with Crippen molar-refractivity contribution in [3.8, 4) is 0 Å². The zero-order chi connectivity index (χ0) is 9.14. The topological polar surface area (TPSA) is 59.0 Å². The molecule has 0 aromatic carbocycles. The smallest absolute Gasteiger partial charge is 0.320 e. The van der Waals surface area contributed by atoms with Crippen LogP contribution in [0.15, 0.2) is 5.10 Å². The highest BCUT2D eigenvalue weighted by molar-refractivity contribution is 6.64. The second kappa shape index (κ2) is 3.34. The van der Waals surface area contributed by atoms with Gasteiger partial charge in [0.15, 0.2) is 0 Å². The van der Waals surface area contributed by atoms with Gasteiger partial charge in [0.05, 0.1) is 6.61 Å². The van der Waals surface area contributed by atoms with Gasteiger partial charge in [0.1, 0.15) is 0 Å². The number of ketones is 1. The second-order valence-electron chi connectivity index (χ2n) is 2.19. The van der Waals surface area contributed by atoms with Crippen LogP contribution in [0.25, 0.3) is 0 Å². The Labute approximate surface area is 70.0 Å². The van der Waals surface area contributed by atoms with Gasteiger partial charge in [-0.2, -0.15) is 0 Å². The molecule has 0 spiro atoms. The number of amides is 1. The largest absolute Gasteiger partial charge is 0.474 e. The second-order valence-corrected chi connectivity index (χ2v) is 2.19. The lowest BCUT2D eigenvalue weighted by molar-refractivity contribution is -0.139. The van der Waals surface area contributed by atoms with Crippen LogP contribution in [-0.2, 0) is 14.3 Å². The lowest BCUT2D eigenvalue weighted by Gasteiger charge is -2.03. The Morgan fingerprint density at radius 2 is 2.08 bits per heavy atom. The quantitative estimate of drug-likeness (QED) is 0.538. The van der Waals surface area contributed by atoms with Crippen molar-refractivity contribution in [3.05, 3.63) is 0 Å². The van der Waals surface area contributed by atoms with Gasteiger partial charge in [-0.05, 0) is 13.8 Å². The van der Waals surface area contributed by atoms with Crippen LogP contribution in [0, 0.1) is 0 Å². The summed E-state index contributed by atoms with van der Waals surface area (Å²) < 4.78 is 4.86. The molecule has 0 saturated heterocycles. The van der Waals surface area contributed by atoms with Crippen molar-refractivity contribution in [2.24, 2.45) is 5.10 Å². The highest BCUT2D eigenvalue weighted by atomic mass is 16.5. The van der Waals surface area contributed by atoms with E-state index in [-0.39, 0.29) is 5.90 Å². The maximum absolute atomic E-state index is 11.0. The van der Waals surface area contributed by atoms with Gasteiger partial charge in [0.2, 0.25) is 0 Å². The van der Waals surface area contributed by atoms with Crippen LogP contribution in [0.2, 0.25) is 0 Å². The monoisotopic (exact) mass is 170 g/mol. The number of hydrazone groups is 1. The SMILES string of the molecule is CCOC1=NN(CC)C(=O)C1=O. The first-order chi connectivity index (χ1) is 5.70. The van der Waals surface area contributed by atoms with Gasteiger partial charge in [-0.15, -0.1) is 5.10 Å². The van der Waals surface area contributed by atoms with E-state index in [0.717, 1.165) is 5.01 Å². The number of hydrogen-bond acceptors (Lipinski definition) is 4. The maximum Gasteiger partial charge on any atom is 0.320 e. The van der Waals surface area contributed by atoms with Crippen LogP contribution < -0.4 is 0 Å². The minimum atomic E-state index is -0.654. The zero-order valence-electron chi connectivity index (χ0n) is 7.03. The summed E-state index contributed by atoms with van der Waals surface area (Å²) in [6.45, 7) is 4.20. The van der Waals surface area contributed by atoms with Crippen LogP contribution in [0.4, 0.5) is 0 Å². The molecule has 1 amide bonds. The molecule has 0 aromatic heterocycles. The Hall–Kier alpha value is -1.39. The Kier molecular flexibility index (Phi) is 2.42. The molecule has 0 fully saturated rings. The zero-order valence-corrected chi connectivity index (χ0v) is 7.03. The van der Waals surface area contributed by atoms with Crippen molar-refractivity contribution in [3.63, 3.8) is 0 Å². The van der Waals surface area contributed by atoms with Crippen LogP contribution in [0.5, 0.6) is 0 Å². The number of rotatable bonds is 2. The Morgan fingerprint density at radius 1 is 1.42 bits per heavy atom. The number of hydrogen-bond donors (Lipinski definition) is 0. The average molecular weight is 170 g/mol. The summed E-state index contributed by atoms with van der Waals surface area (Å²) in [5, 5.41) is 4.78. The molecule has 1 rings (SSSR count). The third-order valence-corrected chi connectivity index (χ3v) is 1.42. The molecule has 0 saturated carbocycles. The Bertz CT molecular complexity index is 247. The molecule has 0 aromatic rings. The molecule has 1 aliphatic rings. The fraction of sp³-hybridized carbons (Fsp3) is 0.571. The van der Waals surface area contributed by atoms with Gasteiger partial charge in [0, 0.05) is 6.54 Å². The van der Waals surface area contributed by atoms with E-state index in [1.807, 2.05) is 0 Å². The summed E-state index contributed by atoms with van der Waals surface area (Å²) in [5.41, 5.74) is 0. The van der Waals surface area contributed by atoms with Crippen molar-refractivity contribution in [1.82, 2.24) is 5.01 Å².